The summed E-state index contributed by atoms with van der Waals surface area (Å²) in [7, 11) is 0. The Labute approximate surface area is 132 Å². The van der Waals surface area contributed by atoms with Gasteiger partial charge in [-0.15, -0.1) is 0 Å². The maximum absolute atomic E-state index is 12.3. The molecule has 3 nitrogen and oxygen atoms in total. The van der Waals surface area contributed by atoms with Crippen LogP contribution in [0.5, 0.6) is 5.75 Å². The van der Waals surface area contributed by atoms with Crippen LogP contribution in [-0.2, 0) is 0 Å². The molecular weight excluding hydrogens is 274 g/mol. The fourth-order valence-corrected chi connectivity index (χ4v) is 2.18. The highest BCUT2D eigenvalue weighted by atomic mass is 16.5. The molecule has 0 heterocycles. The van der Waals surface area contributed by atoms with Crippen molar-refractivity contribution in [1.29, 1.82) is 0 Å². The second kappa shape index (κ2) is 7.12. The van der Waals surface area contributed by atoms with Gasteiger partial charge in [0.1, 0.15) is 12.4 Å². The first-order valence-electron chi connectivity index (χ1n) is 7.53. The van der Waals surface area contributed by atoms with Gasteiger partial charge >= 0.3 is 0 Å². The van der Waals surface area contributed by atoms with E-state index in [1.165, 1.54) is 5.56 Å². The van der Waals surface area contributed by atoms with Crippen molar-refractivity contribution in [2.45, 2.75) is 33.7 Å². The molecule has 0 spiro atoms. The Balaban J connectivity index is 1.91. The summed E-state index contributed by atoms with van der Waals surface area (Å²) in [6, 6.07) is 13.7. The average molecular weight is 297 g/mol. The second-order valence-corrected chi connectivity index (χ2v) is 5.82. The molecule has 0 aliphatic rings. The normalized spacial score (nSPS) is 11.8. The first-order chi connectivity index (χ1) is 10.5. The van der Waals surface area contributed by atoms with E-state index in [1.54, 1.807) is 0 Å². The molecule has 0 unspecified atom stereocenters. The van der Waals surface area contributed by atoms with E-state index in [0.717, 1.165) is 22.4 Å². The average Bonchev–Trinajstić information content (AvgIpc) is 2.49. The largest absolute Gasteiger partial charge is 0.491 e. The Morgan fingerprint density at radius 1 is 1.05 bits per heavy atom. The van der Waals surface area contributed by atoms with Gasteiger partial charge < -0.3 is 10.1 Å². The van der Waals surface area contributed by atoms with Gasteiger partial charge in [-0.05, 0) is 51.5 Å². The lowest BCUT2D eigenvalue weighted by molar-refractivity contribution is 0.0926. The predicted molar refractivity (Wildman–Crippen MR) is 89.5 cm³/mol. The molecule has 0 bridgehead atoms. The molecule has 0 saturated heterocycles. The second-order valence-electron chi connectivity index (χ2n) is 5.82. The molecule has 0 aliphatic heterocycles. The van der Waals surface area contributed by atoms with Gasteiger partial charge in [-0.25, -0.2) is 0 Å². The molecule has 0 aliphatic carbocycles. The highest BCUT2D eigenvalue weighted by molar-refractivity contribution is 5.96. The topological polar surface area (TPSA) is 38.3 Å². The van der Waals surface area contributed by atoms with Crippen molar-refractivity contribution in [1.82, 2.24) is 5.32 Å². The van der Waals surface area contributed by atoms with Crippen molar-refractivity contribution in [3.63, 3.8) is 0 Å². The fourth-order valence-electron chi connectivity index (χ4n) is 2.18. The molecule has 116 valence electrons. The van der Waals surface area contributed by atoms with E-state index in [1.807, 2.05) is 70.2 Å². The molecule has 1 amide bonds. The van der Waals surface area contributed by atoms with Crippen LogP contribution in [-0.4, -0.2) is 18.6 Å². The number of hydrogen-bond donors (Lipinski definition) is 1. The zero-order chi connectivity index (χ0) is 16.1. The van der Waals surface area contributed by atoms with E-state index in [2.05, 4.69) is 5.32 Å². The van der Waals surface area contributed by atoms with Crippen LogP contribution >= 0.6 is 0 Å². The zero-order valence-corrected chi connectivity index (χ0v) is 13.6. The number of benzene rings is 2. The highest BCUT2D eigenvalue weighted by Gasteiger charge is 2.12. The Morgan fingerprint density at radius 3 is 2.36 bits per heavy atom. The summed E-state index contributed by atoms with van der Waals surface area (Å²) >= 11 is 0. The fraction of sp³-hybridized carbons (Fsp3) is 0.316. The third-order valence-corrected chi connectivity index (χ3v) is 3.54. The molecule has 2 aromatic rings. The van der Waals surface area contributed by atoms with Crippen molar-refractivity contribution >= 4 is 5.91 Å². The number of carbonyl (C=O) groups is 1. The third kappa shape index (κ3) is 4.35. The molecule has 2 aromatic carbocycles. The van der Waals surface area contributed by atoms with Gasteiger partial charge in [0.15, 0.2) is 0 Å². The predicted octanol–water partition coefficient (Wildman–Crippen LogP) is 3.81. The van der Waals surface area contributed by atoms with Gasteiger partial charge in [-0.3, -0.25) is 4.79 Å². The molecule has 0 fully saturated rings. The first kappa shape index (κ1) is 16.1. The van der Waals surface area contributed by atoms with Crippen LogP contribution in [0.3, 0.4) is 0 Å². The van der Waals surface area contributed by atoms with Crippen molar-refractivity contribution < 1.29 is 9.53 Å². The van der Waals surface area contributed by atoms with Crippen molar-refractivity contribution in [3.05, 3.63) is 64.7 Å². The van der Waals surface area contributed by atoms with Gasteiger partial charge in [0.25, 0.3) is 5.91 Å². The number of aryl methyl sites for hydroxylation is 3. The monoisotopic (exact) mass is 297 g/mol. The molecule has 0 radical (unpaired) electrons. The van der Waals surface area contributed by atoms with Crippen molar-refractivity contribution in [3.8, 4) is 5.75 Å². The van der Waals surface area contributed by atoms with E-state index in [9.17, 15) is 4.79 Å². The Kier molecular flexibility index (Phi) is 5.21. The van der Waals surface area contributed by atoms with Gasteiger partial charge in [0.05, 0.1) is 6.04 Å². The number of hydrogen-bond acceptors (Lipinski definition) is 2. The Bertz CT molecular complexity index is 647. The summed E-state index contributed by atoms with van der Waals surface area (Å²) in [5.74, 6) is 0.764. The van der Waals surface area contributed by atoms with E-state index < -0.39 is 0 Å². The lowest BCUT2D eigenvalue weighted by Gasteiger charge is -2.16. The van der Waals surface area contributed by atoms with E-state index in [-0.39, 0.29) is 11.9 Å². The molecule has 0 aromatic heterocycles. The number of ether oxygens (including phenoxy) is 1. The Hall–Kier alpha value is -2.29. The van der Waals surface area contributed by atoms with Crippen LogP contribution in [0.2, 0.25) is 0 Å². The molecule has 1 N–H and O–H groups in total. The molecular formula is C19H23NO2. The maximum Gasteiger partial charge on any atom is 0.251 e. The summed E-state index contributed by atoms with van der Waals surface area (Å²) in [6.45, 7) is 8.36. The molecule has 22 heavy (non-hydrogen) atoms. The first-order valence-corrected chi connectivity index (χ1v) is 7.53. The third-order valence-electron chi connectivity index (χ3n) is 3.54. The number of amides is 1. The summed E-state index contributed by atoms with van der Waals surface area (Å²) in [6.07, 6.45) is 0. The number of nitrogens with one attached hydrogen (secondary N) is 1. The van der Waals surface area contributed by atoms with Gasteiger partial charge in [-0.1, -0.05) is 35.4 Å². The van der Waals surface area contributed by atoms with Crippen LogP contribution in [0.25, 0.3) is 0 Å². The van der Waals surface area contributed by atoms with Gasteiger partial charge in [0.2, 0.25) is 0 Å². The SMILES string of the molecule is Cc1ccc(OC[C@@H](C)NC(=O)c2cc(C)ccc2C)cc1. The number of rotatable bonds is 5. The van der Waals surface area contributed by atoms with E-state index >= 15 is 0 Å². The molecule has 2 rings (SSSR count). The molecule has 3 heteroatoms. The lowest BCUT2D eigenvalue weighted by atomic mass is 10.0. The molecule has 1 atom stereocenters. The molecule has 0 saturated carbocycles. The summed E-state index contributed by atoms with van der Waals surface area (Å²) in [5, 5.41) is 2.98. The summed E-state index contributed by atoms with van der Waals surface area (Å²) in [5.41, 5.74) is 3.99. The number of carbonyl (C=O) groups excluding carboxylic acids is 1. The van der Waals surface area contributed by atoms with Gasteiger partial charge in [-0.2, -0.15) is 0 Å². The van der Waals surface area contributed by atoms with Crippen molar-refractivity contribution in [2.75, 3.05) is 6.61 Å². The van der Waals surface area contributed by atoms with Crippen LogP contribution in [0.15, 0.2) is 42.5 Å². The summed E-state index contributed by atoms with van der Waals surface area (Å²) in [4.78, 5) is 12.3. The van der Waals surface area contributed by atoms with Crippen LogP contribution in [0.1, 0.15) is 34.0 Å². The minimum Gasteiger partial charge on any atom is -0.491 e. The Morgan fingerprint density at radius 2 is 1.68 bits per heavy atom. The quantitative estimate of drug-likeness (QED) is 0.911. The van der Waals surface area contributed by atoms with E-state index in [4.69, 9.17) is 4.74 Å². The highest BCUT2D eigenvalue weighted by Crippen LogP contribution is 2.13. The van der Waals surface area contributed by atoms with Crippen LogP contribution < -0.4 is 10.1 Å². The maximum atomic E-state index is 12.3. The van der Waals surface area contributed by atoms with Crippen LogP contribution in [0.4, 0.5) is 0 Å². The standard InChI is InChI=1S/C19H23NO2/c1-13-6-9-17(10-7-13)22-12-16(4)20-19(21)18-11-14(2)5-8-15(18)3/h5-11,16H,12H2,1-4H3,(H,20,21)/t16-/m1/s1. The van der Waals surface area contributed by atoms with Crippen LogP contribution in [0, 0.1) is 20.8 Å². The minimum absolute atomic E-state index is 0.0544. The minimum atomic E-state index is -0.0614. The smallest absolute Gasteiger partial charge is 0.251 e. The van der Waals surface area contributed by atoms with E-state index in [0.29, 0.717) is 6.61 Å². The lowest BCUT2D eigenvalue weighted by Crippen LogP contribution is -2.37. The van der Waals surface area contributed by atoms with Gasteiger partial charge in [0, 0.05) is 5.56 Å². The summed E-state index contributed by atoms with van der Waals surface area (Å²) < 4.78 is 5.70. The van der Waals surface area contributed by atoms with Crippen molar-refractivity contribution in [2.24, 2.45) is 0 Å². The zero-order valence-electron chi connectivity index (χ0n) is 13.6.